The third kappa shape index (κ3) is 3.74. The number of benzene rings is 2. The molecule has 28 heavy (non-hydrogen) atoms. The number of para-hydroxylation sites is 1. The molecular formula is C19H14N2O4S3. The Hall–Kier alpha value is -2.46. The molecule has 2 aromatic rings. The second kappa shape index (κ2) is 7.51. The van der Waals surface area contributed by atoms with E-state index in [9.17, 15) is 13.2 Å². The quantitative estimate of drug-likeness (QED) is 0.593. The number of ether oxygens (including phenoxy) is 1. The average Bonchev–Trinajstić information content (AvgIpc) is 2.95. The monoisotopic (exact) mass is 430 g/mol. The van der Waals surface area contributed by atoms with Crippen LogP contribution in [0.15, 0.2) is 76.0 Å². The van der Waals surface area contributed by atoms with Crippen LogP contribution in [-0.4, -0.2) is 30.3 Å². The largest absolute Gasteiger partial charge is 0.488 e. The van der Waals surface area contributed by atoms with Crippen molar-refractivity contribution in [3.63, 3.8) is 0 Å². The Morgan fingerprint density at radius 1 is 1.11 bits per heavy atom. The van der Waals surface area contributed by atoms with E-state index in [0.717, 1.165) is 33.7 Å². The number of thioether (sulfide) groups is 1. The highest BCUT2D eigenvalue weighted by Gasteiger charge is 2.35. The van der Waals surface area contributed by atoms with Crippen LogP contribution in [0.3, 0.4) is 0 Å². The smallest absolute Gasteiger partial charge is 0.281 e. The Kier molecular flexibility index (Phi) is 5.07. The van der Waals surface area contributed by atoms with Gasteiger partial charge in [0.2, 0.25) is 0 Å². The summed E-state index contributed by atoms with van der Waals surface area (Å²) >= 11 is 6.23. The highest BCUT2D eigenvalue weighted by molar-refractivity contribution is 8.26. The summed E-state index contributed by atoms with van der Waals surface area (Å²) in [7, 11) is -3.92. The van der Waals surface area contributed by atoms with Crippen molar-refractivity contribution in [3.8, 4) is 5.75 Å². The highest BCUT2D eigenvalue weighted by Crippen LogP contribution is 2.33. The van der Waals surface area contributed by atoms with Gasteiger partial charge in [0.25, 0.3) is 15.9 Å². The van der Waals surface area contributed by atoms with E-state index in [1.165, 1.54) is 12.1 Å². The van der Waals surface area contributed by atoms with E-state index in [1.54, 1.807) is 24.3 Å². The molecule has 0 bridgehead atoms. The fourth-order valence-corrected chi connectivity index (χ4v) is 5.05. The standard InChI is InChI=1S/C19H14N2O4S3/c22-18-17(11-13-10-14-6-4-5-9-16(14)25-12-13)27-19(26)21(18)20-28(23,24)15-7-2-1-3-8-15/h1-11,20H,12H2/b17-11+. The molecule has 0 unspecified atom stereocenters. The second-order valence-corrected chi connectivity index (χ2v) is 9.31. The van der Waals surface area contributed by atoms with Crippen LogP contribution in [-0.2, 0) is 14.8 Å². The van der Waals surface area contributed by atoms with Gasteiger partial charge in [0.05, 0.1) is 9.80 Å². The highest BCUT2D eigenvalue weighted by atomic mass is 32.2. The molecule has 2 aromatic carbocycles. The first-order valence-corrected chi connectivity index (χ1v) is 10.9. The Morgan fingerprint density at radius 2 is 1.82 bits per heavy atom. The van der Waals surface area contributed by atoms with Crippen molar-refractivity contribution >= 4 is 50.3 Å². The number of amides is 1. The Morgan fingerprint density at radius 3 is 2.61 bits per heavy atom. The van der Waals surface area contributed by atoms with Crippen molar-refractivity contribution in [1.29, 1.82) is 0 Å². The first kappa shape index (κ1) is 18.9. The Labute approximate surface area is 171 Å². The first-order chi connectivity index (χ1) is 13.4. The van der Waals surface area contributed by atoms with Crippen LogP contribution >= 0.6 is 24.0 Å². The van der Waals surface area contributed by atoms with E-state index in [-0.39, 0.29) is 9.22 Å². The fourth-order valence-electron chi connectivity index (χ4n) is 2.70. The number of hydrogen-bond acceptors (Lipinski definition) is 6. The van der Waals surface area contributed by atoms with Crippen LogP contribution in [0.1, 0.15) is 5.56 Å². The zero-order valence-corrected chi connectivity index (χ0v) is 16.8. The van der Waals surface area contributed by atoms with Gasteiger partial charge in [-0.1, -0.05) is 60.4 Å². The number of sulfonamides is 1. The molecular weight excluding hydrogens is 416 g/mol. The van der Waals surface area contributed by atoms with Gasteiger partial charge in [-0.15, -0.1) is 4.83 Å². The van der Waals surface area contributed by atoms with Crippen molar-refractivity contribution < 1.29 is 17.9 Å². The lowest BCUT2D eigenvalue weighted by molar-refractivity contribution is -0.123. The normalized spacial score (nSPS) is 18.1. The maximum absolute atomic E-state index is 12.7. The van der Waals surface area contributed by atoms with Crippen molar-refractivity contribution in [2.24, 2.45) is 0 Å². The lowest BCUT2D eigenvalue weighted by Gasteiger charge is -2.16. The van der Waals surface area contributed by atoms with Crippen LogP contribution in [0, 0.1) is 0 Å². The van der Waals surface area contributed by atoms with Gasteiger partial charge in [-0.05, 0) is 35.9 Å². The third-order valence-electron chi connectivity index (χ3n) is 4.03. The summed E-state index contributed by atoms with van der Waals surface area (Å²) in [5.41, 5.74) is 1.71. The maximum Gasteiger partial charge on any atom is 0.281 e. The van der Waals surface area contributed by atoms with Crippen molar-refractivity contribution in [1.82, 2.24) is 9.84 Å². The summed E-state index contributed by atoms with van der Waals surface area (Å²) in [6.07, 6.45) is 3.60. The van der Waals surface area contributed by atoms with Crippen molar-refractivity contribution in [2.45, 2.75) is 4.90 Å². The second-order valence-electron chi connectivity index (χ2n) is 5.97. The molecule has 9 heteroatoms. The molecule has 0 radical (unpaired) electrons. The van der Waals surface area contributed by atoms with E-state index in [1.807, 2.05) is 30.3 Å². The molecule has 1 fully saturated rings. The molecule has 0 atom stereocenters. The number of rotatable bonds is 4. The molecule has 6 nitrogen and oxygen atoms in total. The van der Waals surface area contributed by atoms with Crippen molar-refractivity contribution in [2.75, 3.05) is 6.61 Å². The minimum absolute atomic E-state index is 0.0491. The van der Waals surface area contributed by atoms with E-state index in [2.05, 4.69) is 4.83 Å². The third-order valence-corrected chi connectivity index (χ3v) is 6.65. The van der Waals surface area contributed by atoms with Gasteiger partial charge >= 0.3 is 0 Å². The van der Waals surface area contributed by atoms with E-state index < -0.39 is 15.9 Å². The van der Waals surface area contributed by atoms with Crippen LogP contribution < -0.4 is 9.57 Å². The van der Waals surface area contributed by atoms with E-state index in [0.29, 0.717) is 11.5 Å². The molecule has 4 rings (SSSR count). The van der Waals surface area contributed by atoms with Gasteiger partial charge < -0.3 is 4.74 Å². The molecule has 0 saturated carbocycles. The van der Waals surface area contributed by atoms with Crippen LogP contribution in [0.4, 0.5) is 0 Å². The molecule has 0 aromatic heterocycles. The van der Waals surface area contributed by atoms with Gasteiger partial charge in [-0.25, -0.2) is 13.4 Å². The number of hydrogen-bond donors (Lipinski definition) is 1. The maximum atomic E-state index is 12.7. The summed E-state index contributed by atoms with van der Waals surface area (Å²) in [5.74, 6) is 0.261. The summed E-state index contributed by atoms with van der Waals surface area (Å²) in [6, 6.07) is 15.4. The van der Waals surface area contributed by atoms with Crippen LogP contribution in [0.2, 0.25) is 0 Å². The fraction of sp³-hybridized carbons (Fsp3) is 0.0526. The summed E-state index contributed by atoms with van der Waals surface area (Å²) < 4.78 is 30.8. The first-order valence-electron chi connectivity index (χ1n) is 8.22. The topological polar surface area (TPSA) is 75.7 Å². The number of nitrogens with one attached hydrogen (secondary N) is 1. The number of thiocarbonyl (C=S) groups is 1. The molecule has 2 aliphatic rings. The molecule has 2 heterocycles. The zero-order valence-electron chi connectivity index (χ0n) is 14.4. The number of nitrogens with zero attached hydrogens (tertiary/aromatic N) is 1. The molecule has 1 saturated heterocycles. The van der Waals surface area contributed by atoms with Crippen LogP contribution in [0.5, 0.6) is 5.75 Å². The molecule has 1 amide bonds. The molecule has 142 valence electrons. The van der Waals surface area contributed by atoms with Gasteiger partial charge in [0.1, 0.15) is 12.4 Å². The summed E-state index contributed by atoms with van der Waals surface area (Å²) in [6.45, 7) is 0.316. The predicted octanol–water partition coefficient (Wildman–Crippen LogP) is 3.10. The minimum Gasteiger partial charge on any atom is -0.488 e. The van der Waals surface area contributed by atoms with Gasteiger partial charge in [-0.3, -0.25) is 4.79 Å². The number of hydrazine groups is 1. The molecule has 0 spiro atoms. The van der Waals surface area contributed by atoms with E-state index >= 15 is 0 Å². The van der Waals surface area contributed by atoms with Gasteiger partial charge in [0.15, 0.2) is 4.32 Å². The van der Waals surface area contributed by atoms with Gasteiger partial charge in [0, 0.05) is 5.56 Å². The van der Waals surface area contributed by atoms with Crippen LogP contribution in [0.25, 0.3) is 6.08 Å². The Balaban J connectivity index is 1.57. The number of fused-ring (bicyclic) bond motifs is 1. The van der Waals surface area contributed by atoms with E-state index in [4.69, 9.17) is 17.0 Å². The zero-order chi connectivity index (χ0) is 19.7. The molecule has 2 aliphatic heterocycles. The molecule has 1 N–H and O–H groups in total. The average molecular weight is 431 g/mol. The van der Waals surface area contributed by atoms with Crippen molar-refractivity contribution in [3.05, 3.63) is 76.7 Å². The Bertz CT molecular complexity index is 1120. The summed E-state index contributed by atoms with van der Waals surface area (Å²) in [4.78, 5) is 15.3. The number of carbonyl (C=O) groups excluding carboxylic acids is 1. The number of carbonyl (C=O) groups is 1. The lowest BCUT2D eigenvalue weighted by atomic mass is 10.1. The molecule has 0 aliphatic carbocycles. The minimum atomic E-state index is -3.92. The SMILES string of the molecule is O=C1/C(=C\C2=Cc3ccccc3OC2)SC(=S)N1NS(=O)(=O)c1ccccc1. The van der Waals surface area contributed by atoms with Gasteiger partial charge in [-0.2, -0.15) is 0 Å². The predicted molar refractivity (Wildman–Crippen MR) is 112 cm³/mol. The summed E-state index contributed by atoms with van der Waals surface area (Å²) in [5, 5.41) is 0.881. The lowest BCUT2D eigenvalue weighted by Crippen LogP contribution is -2.44.